The number of nitrogens with zero attached hydrogens (tertiary/aromatic N) is 5. The Balaban J connectivity index is 1.24. The monoisotopic (exact) mass is 457 g/mol. The number of carbonyl (C=O) groups is 2. The second-order valence-corrected chi connectivity index (χ2v) is 9.48. The number of Topliss-reactive ketones (excluding diaryl/α,β-unsaturated/α-hetero) is 1. The Labute approximate surface area is 195 Å². The fourth-order valence-corrected chi connectivity index (χ4v) is 4.87. The zero-order valence-corrected chi connectivity index (χ0v) is 19.1. The van der Waals surface area contributed by atoms with Crippen molar-refractivity contribution in [3.8, 4) is 10.6 Å². The van der Waals surface area contributed by atoms with Gasteiger partial charge in [-0.25, -0.2) is 0 Å². The normalized spacial score (nSPS) is 14.5. The van der Waals surface area contributed by atoms with Crippen molar-refractivity contribution in [3.63, 3.8) is 0 Å². The zero-order valence-electron chi connectivity index (χ0n) is 18.3. The zero-order chi connectivity index (χ0) is 22.8. The van der Waals surface area contributed by atoms with Crippen LogP contribution in [0.5, 0.6) is 0 Å². The van der Waals surface area contributed by atoms with Crippen LogP contribution in [0, 0.1) is 12.8 Å². The summed E-state index contributed by atoms with van der Waals surface area (Å²) in [5.74, 6) is 0.167. The molecule has 1 aliphatic heterocycles. The van der Waals surface area contributed by atoms with E-state index < -0.39 is 0 Å². The molecule has 4 aromatic rings. The molecule has 1 amide bonds. The molecule has 0 bridgehead atoms. The molecule has 0 atom stereocenters. The molecule has 4 heterocycles. The number of hydrogen-bond acceptors (Lipinski definition) is 7. The largest absolute Gasteiger partial charge is 0.339 e. The number of amides is 1. The molecule has 0 saturated carbocycles. The molecule has 0 aliphatic carbocycles. The Morgan fingerprint density at radius 1 is 1.03 bits per heavy atom. The van der Waals surface area contributed by atoms with Crippen LogP contribution in [0.15, 0.2) is 54.9 Å². The molecule has 3 aromatic heterocycles. The van der Waals surface area contributed by atoms with E-state index >= 15 is 0 Å². The minimum absolute atomic E-state index is 0.0339. The van der Waals surface area contributed by atoms with Gasteiger partial charge >= 0.3 is 0 Å². The van der Waals surface area contributed by atoms with Gasteiger partial charge < -0.3 is 4.90 Å². The maximum absolute atomic E-state index is 13.0. The number of fused-ring (bicyclic) bond motifs is 1. The second kappa shape index (κ2) is 9.15. The van der Waals surface area contributed by atoms with Crippen molar-refractivity contribution in [2.45, 2.75) is 26.2 Å². The van der Waals surface area contributed by atoms with Crippen LogP contribution in [0.25, 0.3) is 21.5 Å². The summed E-state index contributed by atoms with van der Waals surface area (Å²) < 4.78 is 0. The number of aryl methyl sites for hydroxylation is 1. The number of aromatic nitrogens is 4. The quantitative estimate of drug-likeness (QED) is 0.448. The summed E-state index contributed by atoms with van der Waals surface area (Å²) in [6.07, 6.45) is 5.16. The van der Waals surface area contributed by atoms with Crippen LogP contribution >= 0.6 is 11.3 Å². The van der Waals surface area contributed by atoms with Crippen LogP contribution < -0.4 is 0 Å². The van der Waals surface area contributed by atoms with E-state index in [1.807, 2.05) is 54.3 Å². The summed E-state index contributed by atoms with van der Waals surface area (Å²) in [7, 11) is 0. The SMILES string of the molecule is Cc1nnc(-c2cnc3cnc(CC(=O)C4CCN(C(=O)c5ccccc5)CC4)cc3c2)s1. The van der Waals surface area contributed by atoms with E-state index in [4.69, 9.17) is 0 Å². The van der Waals surface area contributed by atoms with Gasteiger partial charge in [-0.15, -0.1) is 10.2 Å². The molecule has 0 spiro atoms. The topological polar surface area (TPSA) is 88.9 Å². The smallest absolute Gasteiger partial charge is 0.253 e. The first-order valence-electron chi connectivity index (χ1n) is 11.0. The minimum Gasteiger partial charge on any atom is -0.339 e. The third-order valence-corrected chi connectivity index (χ3v) is 6.90. The summed E-state index contributed by atoms with van der Waals surface area (Å²) in [6.45, 7) is 3.12. The van der Waals surface area contributed by atoms with E-state index in [0.29, 0.717) is 31.5 Å². The predicted octanol–water partition coefficient (Wildman–Crippen LogP) is 4.12. The second-order valence-electron chi connectivity index (χ2n) is 8.29. The number of likely N-dealkylation sites (tertiary alicyclic amines) is 1. The van der Waals surface area contributed by atoms with Crippen LogP contribution in [-0.4, -0.2) is 49.8 Å². The van der Waals surface area contributed by atoms with E-state index in [1.54, 1.807) is 12.4 Å². The first-order chi connectivity index (χ1) is 16.1. The van der Waals surface area contributed by atoms with Gasteiger partial charge in [-0.05, 0) is 44.0 Å². The first-order valence-corrected chi connectivity index (χ1v) is 11.8. The highest BCUT2D eigenvalue weighted by molar-refractivity contribution is 7.14. The summed E-state index contributed by atoms with van der Waals surface area (Å²) in [5.41, 5.74) is 3.12. The fraction of sp³-hybridized carbons (Fsp3) is 0.280. The first kappa shape index (κ1) is 21.3. The van der Waals surface area contributed by atoms with E-state index in [-0.39, 0.29) is 24.0 Å². The third kappa shape index (κ3) is 4.66. The summed E-state index contributed by atoms with van der Waals surface area (Å²) in [4.78, 5) is 36.4. The average molecular weight is 458 g/mol. The molecule has 1 saturated heterocycles. The van der Waals surface area contributed by atoms with Gasteiger partial charge in [0, 0.05) is 53.8 Å². The van der Waals surface area contributed by atoms with Crippen molar-refractivity contribution in [1.29, 1.82) is 0 Å². The number of hydrogen-bond donors (Lipinski definition) is 0. The molecule has 0 unspecified atom stereocenters. The van der Waals surface area contributed by atoms with E-state index in [1.165, 1.54) is 11.3 Å². The third-order valence-electron chi connectivity index (χ3n) is 6.01. The van der Waals surface area contributed by atoms with Gasteiger partial charge in [0.1, 0.15) is 15.8 Å². The van der Waals surface area contributed by atoms with Crippen molar-refractivity contribution in [2.75, 3.05) is 13.1 Å². The maximum Gasteiger partial charge on any atom is 0.253 e. The number of rotatable bonds is 5. The van der Waals surface area contributed by atoms with Crippen LogP contribution in [-0.2, 0) is 11.2 Å². The molecule has 8 heteroatoms. The summed E-state index contributed by atoms with van der Waals surface area (Å²) in [5, 5.41) is 10.9. The fourth-order valence-electron chi connectivity index (χ4n) is 4.19. The van der Waals surface area contributed by atoms with Gasteiger partial charge in [0.05, 0.1) is 11.7 Å². The van der Waals surface area contributed by atoms with E-state index in [0.717, 1.165) is 32.2 Å². The Morgan fingerprint density at radius 2 is 1.82 bits per heavy atom. The molecular formula is C25H23N5O2S. The number of benzene rings is 1. The lowest BCUT2D eigenvalue weighted by Crippen LogP contribution is -2.40. The van der Waals surface area contributed by atoms with Crippen LogP contribution in [0.2, 0.25) is 0 Å². The van der Waals surface area contributed by atoms with E-state index in [2.05, 4.69) is 20.2 Å². The van der Waals surface area contributed by atoms with Gasteiger partial charge in [-0.2, -0.15) is 0 Å². The Kier molecular flexibility index (Phi) is 5.92. The number of ketones is 1. The molecule has 5 rings (SSSR count). The maximum atomic E-state index is 13.0. The van der Waals surface area contributed by atoms with Crippen LogP contribution in [0.3, 0.4) is 0 Å². The Hall–Kier alpha value is -3.52. The van der Waals surface area contributed by atoms with Gasteiger partial charge in [0.25, 0.3) is 5.91 Å². The minimum atomic E-state index is -0.0452. The number of pyridine rings is 2. The van der Waals surface area contributed by atoms with Crippen LogP contribution in [0.4, 0.5) is 0 Å². The van der Waals surface area contributed by atoms with Gasteiger partial charge in [-0.3, -0.25) is 19.6 Å². The van der Waals surface area contributed by atoms with Crippen LogP contribution in [0.1, 0.15) is 33.9 Å². The highest BCUT2D eigenvalue weighted by atomic mass is 32.1. The molecule has 1 aromatic carbocycles. The van der Waals surface area contributed by atoms with Crippen molar-refractivity contribution >= 4 is 33.9 Å². The lowest BCUT2D eigenvalue weighted by molar-refractivity contribution is -0.123. The number of carbonyl (C=O) groups excluding carboxylic acids is 2. The molecule has 1 fully saturated rings. The van der Waals surface area contributed by atoms with Crippen molar-refractivity contribution in [2.24, 2.45) is 5.92 Å². The predicted molar refractivity (Wildman–Crippen MR) is 127 cm³/mol. The van der Waals surface area contributed by atoms with Gasteiger partial charge in [0.15, 0.2) is 0 Å². The summed E-state index contributed by atoms with van der Waals surface area (Å²) >= 11 is 1.52. The lowest BCUT2D eigenvalue weighted by atomic mass is 9.90. The molecule has 0 N–H and O–H groups in total. The highest BCUT2D eigenvalue weighted by Crippen LogP contribution is 2.26. The lowest BCUT2D eigenvalue weighted by Gasteiger charge is -2.31. The van der Waals surface area contributed by atoms with Gasteiger partial charge in [-0.1, -0.05) is 29.5 Å². The van der Waals surface area contributed by atoms with Crippen molar-refractivity contribution < 1.29 is 9.59 Å². The Bertz CT molecular complexity index is 1310. The van der Waals surface area contributed by atoms with Crippen molar-refractivity contribution in [3.05, 3.63) is 71.1 Å². The molecule has 7 nitrogen and oxygen atoms in total. The standard InChI is InChI=1S/C25H23N5O2S/c1-16-28-29-24(33-16)20-11-19-12-21(26-15-22(19)27-14-20)13-23(31)17-7-9-30(10-8-17)25(32)18-5-3-2-4-6-18/h2-6,11-12,14-15,17H,7-10,13H2,1H3. The molecule has 166 valence electrons. The molecular weight excluding hydrogens is 434 g/mol. The van der Waals surface area contributed by atoms with Gasteiger partial charge in [0.2, 0.25) is 0 Å². The molecule has 0 radical (unpaired) electrons. The molecule has 1 aliphatic rings. The average Bonchev–Trinajstić information content (AvgIpc) is 3.30. The number of piperidine rings is 1. The summed E-state index contributed by atoms with van der Waals surface area (Å²) in [6, 6.07) is 13.3. The molecule has 33 heavy (non-hydrogen) atoms. The van der Waals surface area contributed by atoms with E-state index in [9.17, 15) is 9.59 Å². The van der Waals surface area contributed by atoms with Crippen molar-refractivity contribution in [1.82, 2.24) is 25.1 Å². The highest BCUT2D eigenvalue weighted by Gasteiger charge is 2.28. The Morgan fingerprint density at radius 3 is 2.55 bits per heavy atom.